The fraction of sp³-hybridized carbons (Fsp3) is 0.786. The van der Waals surface area contributed by atoms with E-state index >= 15 is 0 Å². The Bertz CT molecular complexity index is 307. The predicted molar refractivity (Wildman–Crippen MR) is 79.3 cm³/mol. The van der Waals surface area contributed by atoms with Crippen molar-refractivity contribution in [1.82, 2.24) is 15.5 Å². The van der Waals surface area contributed by atoms with Crippen LogP contribution in [0.25, 0.3) is 0 Å². The Balaban J connectivity index is 2.31. The highest BCUT2D eigenvalue weighted by molar-refractivity contribution is 5.79. The first-order chi connectivity index (χ1) is 9.31. The van der Waals surface area contributed by atoms with Gasteiger partial charge in [0, 0.05) is 32.8 Å². The quantitative estimate of drug-likeness (QED) is 0.358. The van der Waals surface area contributed by atoms with Gasteiger partial charge in [-0.3, -0.25) is 9.89 Å². The van der Waals surface area contributed by atoms with E-state index in [0.29, 0.717) is 6.54 Å². The van der Waals surface area contributed by atoms with Gasteiger partial charge in [-0.1, -0.05) is 5.92 Å². The van der Waals surface area contributed by atoms with Crippen molar-refractivity contribution in [3.8, 4) is 12.3 Å². The molecule has 1 fully saturated rings. The molecule has 0 aromatic heterocycles. The van der Waals surface area contributed by atoms with E-state index in [4.69, 9.17) is 11.2 Å². The fourth-order valence-corrected chi connectivity index (χ4v) is 1.89. The van der Waals surface area contributed by atoms with Gasteiger partial charge >= 0.3 is 0 Å². The highest BCUT2D eigenvalue weighted by Crippen LogP contribution is 2.26. The van der Waals surface area contributed by atoms with Crippen molar-refractivity contribution in [1.29, 1.82) is 0 Å². The first-order valence-electron chi connectivity index (χ1n) is 7.00. The van der Waals surface area contributed by atoms with Crippen LogP contribution in [0.15, 0.2) is 4.99 Å². The maximum Gasteiger partial charge on any atom is 0.192 e. The Hall–Kier alpha value is -1.25. The SMILES string of the molecule is C#CCNC(=NCCN(CCOC)C1CC1)NCC. The van der Waals surface area contributed by atoms with Crippen LogP contribution in [0.2, 0.25) is 0 Å². The minimum absolute atomic E-state index is 0.502. The molecular weight excluding hydrogens is 240 g/mol. The molecule has 0 aromatic carbocycles. The van der Waals surface area contributed by atoms with E-state index in [0.717, 1.165) is 44.8 Å². The Kier molecular flexibility index (Phi) is 8.03. The van der Waals surface area contributed by atoms with Gasteiger partial charge in [-0.15, -0.1) is 6.42 Å². The molecule has 19 heavy (non-hydrogen) atoms. The molecular formula is C14H26N4O. The van der Waals surface area contributed by atoms with Crippen molar-refractivity contribution >= 4 is 5.96 Å². The van der Waals surface area contributed by atoms with E-state index < -0.39 is 0 Å². The molecule has 0 spiro atoms. The van der Waals surface area contributed by atoms with Gasteiger partial charge in [0.2, 0.25) is 0 Å². The lowest BCUT2D eigenvalue weighted by atomic mass is 10.4. The second kappa shape index (κ2) is 9.65. The molecule has 108 valence electrons. The molecule has 0 radical (unpaired) electrons. The summed E-state index contributed by atoms with van der Waals surface area (Å²) in [5.41, 5.74) is 0. The number of aliphatic imine (C=N–C) groups is 1. The number of methoxy groups -OCH3 is 1. The van der Waals surface area contributed by atoms with E-state index in [-0.39, 0.29) is 0 Å². The fourth-order valence-electron chi connectivity index (χ4n) is 1.89. The van der Waals surface area contributed by atoms with Crippen LogP contribution in [0, 0.1) is 12.3 Å². The number of ether oxygens (including phenoxy) is 1. The summed E-state index contributed by atoms with van der Waals surface area (Å²) >= 11 is 0. The zero-order chi connectivity index (χ0) is 13.9. The van der Waals surface area contributed by atoms with Crippen molar-refractivity contribution in [3.63, 3.8) is 0 Å². The molecule has 0 amide bonds. The lowest BCUT2D eigenvalue weighted by molar-refractivity contribution is 0.145. The van der Waals surface area contributed by atoms with Gasteiger partial charge in [0.25, 0.3) is 0 Å². The molecule has 1 aliphatic rings. The van der Waals surface area contributed by atoms with Crippen molar-refractivity contribution in [2.45, 2.75) is 25.8 Å². The predicted octanol–water partition coefficient (Wildman–Crippen LogP) is 0.286. The molecule has 5 heteroatoms. The van der Waals surface area contributed by atoms with E-state index in [1.165, 1.54) is 12.8 Å². The minimum Gasteiger partial charge on any atom is -0.383 e. The molecule has 5 nitrogen and oxygen atoms in total. The molecule has 0 bridgehead atoms. The number of nitrogens with zero attached hydrogens (tertiary/aromatic N) is 2. The summed E-state index contributed by atoms with van der Waals surface area (Å²) in [6.45, 7) is 6.91. The molecule has 0 unspecified atom stereocenters. The van der Waals surface area contributed by atoms with E-state index in [9.17, 15) is 0 Å². The molecule has 1 rings (SSSR count). The van der Waals surface area contributed by atoms with Crippen LogP contribution in [0.5, 0.6) is 0 Å². The smallest absolute Gasteiger partial charge is 0.192 e. The third kappa shape index (κ3) is 7.04. The number of guanidine groups is 1. The number of terminal acetylenes is 1. The summed E-state index contributed by atoms with van der Waals surface area (Å²) in [6.07, 6.45) is 7.85. The normalized spacial score (nSPS) is 15.4. The van der Waals surface area contributed by atoms with Crippen LogP contribution < -0.4 is 10.6 Å². The maximum atomic E-state index is 5.24. The number of nitrogens with one attached hydrogen (secondary N) is 2. The van der Waals surface area contributed by atoms with E-state index in [2.05, 4.69) is 26.4 Å². The van der Waals surface area contributed by atoms with Gasteiger partial charge in [-0.25, -0.2) is 0 Å². The van der Waals surface area contributed by atoms with Crippen LogP contribution in [-0.2, 0) is 4.74 Å². The topological polar surface area (TPSA) is 48.9 Å². The second-order valence-electron chi connectivity index (χ2n) is 4.58. The van der Waals surface area contributed by atoms with Crippen LogP contribution in [0.3, 0.4) is 0 Å². The van der Waals surface area contributed by atoms with Gasteiger partial charge in [0.1, 0.15) is 0 Å². The molecule has 1 saturated carbocycles. The summed E-state index contributed by atoms with van der Waals surface area (Å²) in [4.78, 5) is 6.98. The Morgan fingerprint density at radius 2 is 2.21 bits per heavy atom. The third-order valence-electron chi connectivity index (χ3n) is 3.01. The Labute approximate surface area is 116 Å². The molecule has 0 saturated heterocycles. The Morgan fingerprint density at radius 3 is 2.79 bits per heavy atom. The standard InChI is InChI=1S/C14H26N4O/c1-4-8-16-14(15-5-2)17-9-10-18(11-12-19-3)13-6-7-13/h1,13H,5-12H2,2-3H3,(H2,15,16,17). The van der Waals surface area contributed by atoms with Gasteiger partial charge in [-0.2, -0.15) is 0 Å². The second-order valence-corrected chi connectivity index (χ2v) is 4.58. The lowest BCUT2D eigenvalue weighted by Gasteiger charge is -2.20. The highest BCUT2D eigenvalue weighted by atomic mass is 16.5. The minimum atomic E-state index is 0.502. The molecule has 0 aromatic rings. The third-order valence-corrected chi connectivity index (χ3v) is 3.01. The van der Waals surface area contributed by atoms with Crippen LogP contribution in [-0.4, -0.2) is 63.3 Å². The largest absolute Gasteiger partial charge is 0.383 e. The zero-order valence-electron chi connectivity index (χ0n) is 12.1. The number of rotatable bonds is 9. The van der Waals surface area contributed by atoms with Gasteiger partial charge in [0.15, 0.2) is 5.96 Å². The Morgan fingerprint density at radius 1 is 1.42 bits per heavy atom. The monoisotopic (exact) mass is 266 g/mol. The van der Waals surface area contributed by atoms with Crippen LogP contribution in [0.1, 0.15) is 19.8 Å². The van der Waals surface area contributed by atoms with Crippen molar-refractivity contribution in [3.05, 3.63) is 0 Å². The molecule has 0 aliphatic heterocycles. The summed E-state index contributed by atoms with van der Waals surface area (Å²) in [7, 11) is 1.75. The van der Waals surface area contributed by atoms with E-state index in [1.54, 1.807) is 7.11 Å². The number of hydrogen-bond donors (Lipinski definition) is 2. The first-order valence-corrected chi connectivity index (χ1v) is 7.00. The van der Waals surface area contributed by atoms with Crippen molar-refractivity contribution in [2.24, 2.45) is 4.99 Å². The van der Waals surface area contributed by atoms with Crippen molar-refractivity contribution < 1.29 is 4.74 Å². The van der Waals surface area contributed by atoms with Crippen LogP contribution in [0.4, 0.5) is 0 Å². The van der Waals surface area contributed by atoms with Gasteiger partial charge < -0.3 is 15.4 Å². The summed E-state index contributed by atoms with van der Waals surface area (Å²) in [6, 6.07) is 0.742. The van der Waals surface area contributed by atoms with Crippen molar-refractivity contribution in [2.75, 3.05) is 46.4 Å². The maximum absolute atomic E-state index is 5.24. The highest BCUT2D eigenvalue weighted by Gasteiger charge is 2.27. The lowest BCUT2D eigenvalue weighted by Crippen LogP contribution is -2.38. The summed E-state index contributed by atoms with van der Waals surface area (Å²) < 4.78 is 5.15. The molecule has 2 N–H and O–H groups in total. The first kappa shape index (κ1) is 15.8. The summed E-state index contributed by atoms with van der Waals surface area (Å²) in [5, 5.41) is 6.27. The number of hydrogen-bond acceptors (Lipinski definition) is 3. The summed E-state index contributed by atoms with van der Waals surface area (Å²) in [5.74, 6) is 3.35. The average Bonchev–Trinajstić information content (AvgIpc) is 3.24. The molecule has 0 atom stereocenters. The van der Waals surface area contributed by atoms with Crippen LogP contribution >= 0.6 is 0 Å². The zero-order valence-corrected chi connectivity index (χ0v) is 12.1. The van der Waals surface area contributed by atoms with E-state index in [1.807, 2.05) is 6.92 Å². The molecule has 1 aliphatic carbocycles. The average molecular weight is 266 g/mol. The van der Waals surface area contributed by atoms with Gasteiger partial charge in [0.05, 0.1) is 19.7 Å². The van der Waals surface area contributed by atoms with Gasteiger partial charge in [-0.05, 0) is 19.8 Å². The molecule has 0 heterocycles.